The first kappa shape index (κ1) is 16.5. The first-order valence-corrected chi connectivity index (χ1v) is 7.22. The van der Waals surface area contributed by atoms with Gasteiger partial charge < -0.3 is 15.7 Å². The number of aliphatic carboxylic acids is 1. The molecule has 2 unspecified atom stereocenters. The predicted octanol–water partition coefficient (Wildman–Crippen LogP) is 3.06. The molecule has 0 radical (unpaired) electrons. The maximum atomic E-state index is 11.8. The van der Waals surface area contributed by atoms with Gasteiger partial charge in [0.25, 0.3) is 0 Å². The molecule has 0 aromatic heterocycles. The Morgan fingerprint density at radius 1 is 1.30 bits per heavy atom. The second-order valence-corrected chi connectivity index (χ2v) is 5.64. The van der Waals surface area contributed by atoms with Crippen LogP contribution in [0.2, 0.25) is 0 Å². The molecule has 0 saturated carbocycles. The fraction of sp³-hybridized carbons (Fsp3) is 0.429. The molecular weight excluding hydrogens is 324 g/mol. The van der Waals surface area contributed by atoms with Crippen molar-refractivity contribution in [1.29, 1.82) is 0 Å². The van der Waals surface area contributed by atoms with Crippen molar-refractivity contribution in [2.75, 3.05) is 0 Å². The summed E-state index contributed by atoms with van der Waals surface area (Å²) in [6, 6.07) is 7.10. The van der Waals surface area contributed by atoms with Crippen LogP contribution in [-0.2, 0) is 4.79 Å². The van der Waals surface area contributed by atoms with Gasteiger partial charge in [-0.15, -0.1) is 0 Å². The van der Waals surface area contributed by atoms with Crippen LogP contribution in [0.3, 0.4) is 0 Å². The number of carbonyl (C=O) groups excluding carboxylic acids is 1. The van der Waals surface area contributed by atoms with E-state index in [1.807, 2.05) is 31.2 Å². The van der Waals surface area contributed by atoms with Crippen molar-refractivity contribution >= 4 is 27.9 Å². The highest BCUT2D eigenvalue weighted by Gasteiger charge is 2.12. The lowest BCUT2D eigenvalue weighted by atomic mass is 10.1. The van der Waals surface area contributed by atoms with Crippen LogP contribution in [0.1, 0.15) is 38.3 Å². The van der Waals surface area contributed by atoms with E-state index in [1.54, 1.807) is 6.92 Å². The van der Waals surface area contributed by atoms with Crippen molar-refractivity contribution in [2.24, 2.45) is 0 Å². The lowest BCUT2D eigenvalue weighted by Gasteiger charge is -2.18. The van der Waals surface area contributed by atoms with Gasteiger partial charge in [-0.3, -0.25) is 4.79 Å². The molecule has 20 heavy (non-hydrogen) atoms. The van der Waals surface area contributed by atoms with Crippen LogP contribution < -0.4 is 10.6 Å². The first-order chi connectivity index (χ1) is 9.38. The maximum absolute atomic E-state index is 11.8. The Hall–Kier alpha value is -1.56. The average molecular weight is 343 g/mol. The summed E-state index contributed by atoms with van der Waals surface area (Å²) in [7, 11) is 0. The molecule has 0 bridgehead atoms. The number of carboxylic acid groups (broad SMARTS) is 1. The molecule has 2 atom stereocenters. The summed E-state index contributed by atoms with van der Waals surface area (Å²) in [6.45, 7) is 3.68. The minimum atomic E-state index is -0.860. The Balaban J connectivity index is 2.43. The molecule has 1 rings (SSSR count). The van der Waals surface area contributed by atoms with Crippen LogP contribution in [0, 0.1) is 0 Å². The highest BCUT2D eigenvalue weighted by atomic mass is 79.9. The van der Waals surface area contributed by atoms with Crippen molar-refractivity contribution < 1.29 is 14.7 Å². The highest BCUT2D eigenvalue weighted by Crippen LogP contribution is 2.17. The van der Waals surface area contributed by atoms with Gasteiger partial charge in [-0.05, 0) is 38.0 Å². The maximum Gasteiger partial charge on any atom is 0.315 e. The predicted molar refractivity (Wildman–Crippen MR) is 80.6 cm³/mol. The summed E-state index contributed by atoms with van der Waals surface area (Å²) in [6.07, 6.45) is 0.455. The molecule has 2 amide bonds. The molecule has 6 heteroatoms. The van der Waals surface area contributed by atoms with E-state index in [0.29, 0.717) is 6.42 Å². The van der Waals surface area contributed by atoms with Gasteiger partial charge in [0.05, 0.1) is 6.04 Å². The first-order valence-electron chi connectivity index (χ1n) is 6.42. The number of rotatable bonds is 6. The molecule has 0 saturated heterocycles. The third-order valence-electron chi connectivity index (χ3n) is 2.86. The third kappa shape index (κ3) is 6.06. The van der Waals surface area contributed by atoms with Gasteiger partial charge in [-0.2, -0.15) is 0 Å². The number of carboxylic acids is 1. The van der Waals surface area contributed by atoms with E-state index in [0.717, 1.165) is 10.0 Å². The minimum Gasteiger partial charge on any atom is -0.481 e. The molecule has 5 nitrogen and oxygen atoms in total. The van der Waals surface area contributed by atoms with Crippen molar-refractivity contribution in [2.45, 2.75) is 38.8 Å². The van der Waals surface area contributed by atoms with Crippen LogP contribution in [0.15, 0.2) is 28.7 Å². The zero-order valence-electron chi connectivity index (χ0n) is 11.5. The fourth-order valence-electron chi connectivity index (χ4n) is 1.73. The minimum absolute atomic E-state index is 0.0443. The average Bonchev–Trinajstić information content (AvgIpc) is 2.36. The number of hydrogen-bond acceptors (Lipinski definition) is 2. The van der Waals surface area contributed by atoms with Gasteiger partial charge in [0.15, 0.2) is 0 Å². The van der Waals surface area contributed by atoms with Gasteiger partial charge in [0.1, 0.15) is 0 Å². The Labute approximate surface area is 126 Å². The van der Waals surface area contributed by atoms with Gasteiger partial charge in [0, 0.05) is 16.9 Å². The van der Waals surface area contributed by atoms with E-state index in [-0.39, 0.29) is 24.5 Å². The molecule has 0 fully saturated rings. The van der Waals surface area contributed by atoms with E-state index in [9.17, 15) is 9.59 Å². The normalized spacial score (nSPS) is 13.3. The van der Waals surface area contributed by atoms with E-state index < -0.39 is 5.97 Å². The quantitative estimate of drug-likeness (QED) is 0.743. The van der Waals surface area contributed by atoms with E-state index >= 15 is 0 Å². The number of benzene rings is 1. The number of nitrogens with one attached hydrogen (secondary N) is 2. The van der Waals surface area contributed by atoms with Crippen molar-refractivity contribution in [1.82, 2.24) is 10.6 Å². The van der Waals surface area contributed by atoms with Crippen molar-refractivity contribution in [3.63, 3.8) is 0 Å². The number of carbonyl (C=O) groups is 2. The van der Waals surface area contributed by atoms with Gasteiger partial charge >= 0.3 is 12.0 Å². The van der Waals surface area contributed by atoms with Gasteiger partial charge in [-0.25, -0.2) is 4.79 Å². The summed E-state index contributed by atoms with van der Waals surface area (Å²) in [5, 5.41) is 14.1. The second kappa shape index (κ2) is 7.89. The number of hydrogen-bond donors (Lipinski definition) is 3. The van der Waals surface area contributed by atoms with Gasteiger partial charge in [0.2, 0.25) is 0 Å². The standard InChI is InChI=1S/C14H19BrN2O3/c1-9(6-7-13(18)19)16-14(20)17-10(2)11-4-3-5-12(15)8-11/h3-5,8-10H,6-7H2,1-2H3,(H,18,19)(H2,16,17,20). The Morgan fingerprint density at radius 2 is 2.00 bits per heavy atom. The Bertz CT molecular complexity index is 479. The zero-order valence-corrected chi connectivity index (χ0v) is 13.1. The van der Waals surface area contributed by atoms with Crippen molar-refractivity contribution in [3.8, 4) is 0 Å². The van der Waals surface area contributed by atoms with E-state index in [1.165, 1.54) is 0 Å². The number of urea groups is 1. The topological polar surface area (TPSA) is 78.4 Å². The smallest absolute Gasteiger partial charge is 0.315 e. The highest BCUT2D eigenvalue weighted by molar-refractivity contribution is 9.10. The summed E-state index contributed by atoms with van der Waals surface area (Å²) in [4.78, 5) is 22.2. The molecular formula is C14H19BrN2O3. The number of amides is 2. The monoisotopic (exact) mass is 342 g/mol. The van der Waals surface area contributed by atoms with E-state index in [4.69, 9.17) is 5.11 Å². The number of halogens is 1. The second-order valence-electron chi connectivity index (χ2n) is 4.73. The third-order valence-corrected chi connectivity index (χ3v) is 3.36. The summed E-state index contributed by atoms with van der Waals surface area (Å²) in [5.41, 5.74) is 0.993. The van der Waals surface area contributed by atoms with Crippen LogP contribution in [0.5, 0.6) is 0 Å². The molecule has 0 aliphatic heterocycles. The zero-order chi connectivity index (χ0) is 15.1. The SMILES string of the molecule is CC(CCC(=O)O)NC(=O)NC(C)c1cccc(Br)c1. The fourth-order valence-corrected chi connectivity index (χ4v) is 2.15. The van der Waals surface area contributed by atoms with Crippen LogP contribution in [0.4, 0.5) is 4.79 Å². The molecule has 1 aromatic rings. The lowest BCUT2D eigenvalue weighted by Crippen LogP contribution is -2.41. The van der Waals surface area contributed by atoms with Crippen LogP contribution >= 0.6 is 15.9 Å². The summed E-state index contributed by atoms with van der Waals surface area (Å²) in [5.74, 6) is -0.860. The molecule has 1 aromatic carbocycles. The van der Waals surface area contributed by atoms with Crippen LogP contribution in [0.25, 0.3) is 0 Å². The van der Waals surface area contributed by atoms with Gasteiger partial charge in [-0.1, -0.05) is 28.1 Å². The van der Waals surface area contributed by atoms with E-state index in [2.05, 4.69) is 26.6 Å². The summed E-state index contributed by atoms with van der Waals surface area (Å²) >= 11 is 3.39. The molecule has 0 aliphatic rings. The molecule has 0 heterocycles. The largest absolute Gasteiger partial charge is 0.481 e. The summed E-state index contributed by atoms with van der Waals surface area (Å²) < 4.78 is 0.957. The van der Waals surface area contributed by atoms with Crippen molar-refractivity contribution in [3.05, 3.63) is 34.3 Å². The molecule has 0 aliphatic carbocycles. The van der Waals surface area contributed by atoms with Crippen LogP contribution in [-0.4, -0.2) is 23.1 Å². The molecule has 3 N–H and O–H groups in total. The Morgan fingerprint density at radius 3 is 2.60 bits per heavy atom. The molecule has 0 spiro atoms. The molecule has 110 valence electrons. The Kier molecular flexibility index (Phi) is 6.51. The lowest BCUT2D eigenvalue weighted by molar-refractivity contribution is -0.137.